The molecule has 0 aliphatic carbocycles. The van der Waals surface area contributed by atoms with E-state index in [9.17, 15) is 8.42 Å². The van der Waals surface area contributed by atoms with Crippen molar-refractivity contribution >= 4 is 21.4 Å². The second-order valence-electron chi connectivity index (χ2n) is 5.76. The number of thiophene rings is 1. The third kappa shape index (κ3) is 4.60. The van der Waals surface area contributed by atoms with Gasteiger partial charge in [-0.25, -0.2) is 13.1 Å². The molecule has 0 aromatic carbocycles. The molecule has 2 aromatic rings. The molecule has 9 heteroatoms. The van der Waals surface area contributed by atoms with Gasteiger partial charge in [0.1, 0.15) is 0 Å². The minimum Gasteiger partial charge on any atom is -0.338 e. The minimum absolute atomic E-state index is 0.162. The van der Waals surface area contributed by atoms with Gasteiger partial charge in [-0.05, 0) is 30.8 Å². The van der Waals surface area contributed by atoms with E-state index >= 15 is 0 Å². The smallest absolute Gasteiger partial charge is 0.241 e. The molecule has 0 radical (unpaired) electrons. The number of piperidine rings is 1. The number of rotatable bonds is 6. The van der Waals surface area contributed by atoms with Crippen LogP contribution in [0.2, 0.25) is 0 Å². The monoisotopic (exact) mass is 356 g/mol. The predicted molar refractivity (Wildman–Crippen MR) is 88.5 cm³/mol. The lowest BCUT2D eigenvalue weighted by Gasteiger charge is -2.34. The maximum atomic E-state index is 11.3. The van der Waals surface area contributed by atoms with Gasteiger partial charge < -0.3 is 4.52 Å². The van der Waals surface area contributed by atoms with Crippen molar-refractivity contribution in [1.29, 1.82) is 0 Å². The number of nitrogens with zero attached hydrogens (tertiary/aromatic N) is 3. The summed E-state index contributed by atoms with van der Waals surface area (Å²) in [5.74, 6) is 1.17. The Morgan fingerprint density at radius 1 is 1.48 bits per heavy atom. The zero-order valence-corrected chi connectivity index (χ0v) is 14.6. The second-order valence-corrected chi connectivity index (χ2v) is 8.38. The van der Waals surface area contributed by atoms with Gasteiger partial charge >= 0.3 is 0 Å². The molecule has 1 saturated heterocycles. The van der Waals surface area contributed by atoms with Crippen molar-refractivity contribution in [2.24, 2.45) is 0 Å². The van der Waals surface area contributed by atoms with Crippen LogP contribution in [0.3, 0.4) is 0 Å². The van der Waals surface area contributed by atoms with Gasteiger partial charge in [0.05, 0.1) is 12.8 Å². The molecule has 3 rings (SSSR count). The van der Waals surface area contributed by atoms with Crippen LogP contribution in [0.15, 0.2) is 21.3 Å². The molecule has 3 heterocycles. The SMILES string of the molecule is CS(=O)(=O)NCC1CCCCN1Cc1nc(-c2ccsc2)no1. The Balaban J connectivity index is 1.65. The Hall–Kier alpha value is -1.29. The fourth-order valence-electron chi connectivity index (χ4n) is 2.75. The number of sulfonamides is 1. The normalized spacial score (nSPS) is 20.0. The molecule has 0 saturated carbocycles. The molecule has 0 amide bonds. The van der Waals surface area contributed by atoms with Gasteiger partial charge in [-0.2, -0.15) is 16.3 Å². The topological polar surface area (TPSA) is 88.3 Å². The molecule has 0 bridgehead atoms. The maximum absolute atomic E-state index is 11.3. The lowest BCUT2D eigenvalue weighted by molar-refractivity contribution is 0.125. The van der Waals surface area contributed by atoms with E-state index < -0.39 is 10.0 Å². The summed E-state index contributed by atoms with van der Waals surface area (Å²) in [5, 5.41) is 7.97. The van der Waals surface area contributed by atoms with Gasteiger partial charge in [-0.3, -0.25) is 4.90 Å². The zero-order chi connectivity index (χ0) is 16.3. The van der Waals surface area contributed by atoms with Crippen LogP contribution in [0.1, 0.15) is 25.2 Å². The van der Waals surface area contributed by atoms with Crippen molar-refractivity contribution in [2.75, 3.05) is 19.3 Å². The Kier molecular flexibility index (Phi) is 5.10. The largest absolute Gasteiger partial charge is 0.338 e. The Morgan fingerprint density at radius 2 is 2.35 bits per heavy atom. The third-order valence-corrected chi connectivity index (χ3v) is 5.29. The Bertz CT molecular complexity index is 727. The van der Waals surface area contributed by atoms with E-state index in [4.69, 9.17) is 4.52 Å². The first-order valence-corrected chi connectivity index (χ1v) is 10.4. The minimum atomic E-state index is -3.17. The summed E-state index contributed by atoms with van der Waals surface area (Å²) in [6.07, 6.45) is 4.36. The quantitative estimate of drug-likeness (QED) is 0.847. The van der Waals surface area contributed by atoms with Gasteiger partial charge in [0.2, 0.25) is 21.7 Å². The van der Waals surface area contributed by atoms with Gasteiger partial charge in [-0.15, -0.1) is 0 Å². The number of aromatic nitrogens is 2. The summed E-state index contributed by atoms with van der Waals surface area (Å²) >= 11 is 1.59. The van der Waals surface area contributed by atoms with Crippen molar-refractivity contribution in [2.45, 2.75) is 31.8 Å². The van der Waals surface area contributed by atoms with Crippen molar-refractivity contribution in [3.8, 4) is 11.4 Å². The molecule has 1 aliphatic rings. The standard InChI is InChI=1S/C14H20N4O3S2/c1-23(19,20)15-8-12-4-2-3-6-18(12)9-13-16-14(17-21-13)11-5-7-22-10-11/h5,7,10,12,15H,2-4,6,8-9H2,1H3. The highest BCUT2D eigenvalue weighted by Crippen LogP contribution is 2.22. The van der Waals surface area contributed by atoms with Crippen LogP contribution in [0, 0.1) is 0 Å². The number of nitrogens with one attached hydrogen (secondary N) is 1. The van der Waals surface area contributed by atoms with E-state index in [1.54, 1.807) is 11.3 Å². The molecule has 7 nitrogen and oxygen atoms in total. The van der Waals surface area contributed by atoms with Crippen LogP contribution in [0.4, 0.5) is 0 Å². The van der Waals surface area contributed by atoms with Gasteiger partial charge in [0.25, 0.3) is 0 Å². The van der Waals surface area contributed by atoms with Gasteiger partial charge in [-0.1, -0.05) is 11.6 Å². The summed E-state index contributed by atoms with van der Waals surface area (Å²) < 4.78 is 30.6. The average molecular weight is 356 g/mol. The summed E-state index contributed by atoms with van der Waals surface area (Å²) in [5.41, 5.74) is 0.957. The zero-order valence-electron chi connectivity index (χ0n) is 12.9. The molecule has 126 valence electrons. The maximum Gasteiger partial charge on any atom is 0.241 e. The molecule has 1 aliphatic heterocycles. The first-order valence-electron chi connectivity index (χ1n) is 7.55. The Labute approximate surface area is 139 Å². The summed E-state index contributed by atoms with van der Waals surface area (Å²) in [6, 6.07) is 2.12. The molecule has 1 fully saturated rings. The van der Waals surface area contributed by atoms with Crippen LogP contribution in [-0.4, -0.2) is 48.8 Å². The van der Waals surface area contributed by atoms with E-state index in [1.807, 2.05) is 16.8 Å². The Morgan fingerprint density at radius 3 is 3.09 bits per heavy atom. The highest BCUT2D eigenvalue weighted by atomic mass is 32.2. The fourth-order valence-corrected chi connectivity index (χ4v) is 3.88. The summed E-state index contributed by atoms with van der Waals surface area (Å²) in [6.45, 7) is 1.88. The van der Waals surface area contributed by atoms with Crippen LogP contribution in [0.25, 0.3) is 11.4 Å². The third-order valence-electron chi connectivity index (χ3n) is 3.92. The first kappa shape index (κ1) is 16.6. The molecular formula is C14H20N4O3S2. The summed E-state index contributed by atoms with van der Waals surface area (Å²) in [7, 11) is -3.17. The van der Waals surface area contributed by atoms with Crippen LogP contribution >= 0.6 is 11.3 Å². The van der Waals surface area contributed by atoms with Gasteiger partial charge in [0, 0.05) is 23.5 Å². The molecular weight excluding hydrogens is 336 g/mol. The van der Waals surface area contributed by atoms with Crippen LogP contribution in [-0.2, 0) is 16.6 Å². The number of likely N-dealkylation sites (tertiary alicyclic amines) is 1. The van der Waals surface area contributed by atoms with E-state index in [-0.39, 0.29) is 6.04 Å². The molecule has 1 N–H and O–H groups in total. The predicted octanol–water partition coefficient (Wildman–Crippen LogP) is 1.70. The molecule has 2 aromatic heterocycles. The number of hydrogen-bond donors (Lipinski definition) is 1. The van der Waals surface area contributed by atoms with E-state index in [0.717, 1.165) is 31.4 Å². The lowest BCUT2D eigenvalue weighted by atomic mass is 10.0. The van der Waals surface area contributed by atoms with Crippen molar-refractivity contribution < 1.29 is 12.9 Å². The second kappa shape index (κ2) is 7.08. The van der Waals surface area contributed by atoms with E-state index in [1.165, 1.54) is 6.26 Å². The van der Waals surface area contributed by atoms with Crippen LogP contribution < -0.4 is 4.72 Å². The highest BCUT2D eigenvalue weighted by Gasteiger charge is 2.25. The highest BCUT2D eigenvalue weighted by molar-refractivity contribution is 7.88. The molecule has 1 atom stereocenters. The van der Waals surface area contributed by atoms with Crippen LogP contribution in [0.5, 0.6) is 0 Å². The van der Waals surface area contributed by atoms with Crippen molar-refractivity contribution in [3.63, 3.8) is 0 Å². The van der Waals surface area contributed by atoms with Gasteiger partial charge in [0.15, 0.2) is 0 Å². The average Bonchev–Trinajstić information content (AvgIpc) is 3.16. The van der Waals surface area contributed by atoms with E-state index in [2.05, 4.69) is 19.8 Å². The fraction of sp³-hybridized carbons (Fsp3) is 0.571. The first-order chi connectivity index (χ1) is 11.0. The summed E-state index contributed by atoms with van der Waals surface area (Å²) in [4.78, 5) is 6.65. The van der Waals surface area contributed by atoms with Crippen molar-refractivity contribution in [3.05, 3.63) is 22.7 Å². The molecule has 1 unspecified atom stereocenters. The van der Waals surface area contributed by atoms with Crippen molar-refractivity contribution in [1.82, 2.24) is 19.8 Å². The molecule has 0 spiro atoms. The van der Waals surface area contributed by atoms with E-state index in [0.29, 0.717) is 24.8 Å². The molecule has 23 heavy (non-hydrogen) atoms. The number of hydrogen-bond acceptors (Lipinski definition) is 7. The lowest BCUT2D eigenvalue weighted by Crippen LogP contribution is -2.46.